The van der Waals surface area contributed by atoms with E-state index in [1.165, 1.54) is 0 Å². The van der Waals surface area contributed by atoms with Gasteiger partial charge in [0.2, 0.25) is 5.91 Å². The number of aryl methyl sites for hydroxylation is 1. The van der Waals surface area contributed by atoms with E-state index in [9.17, 15) is 14.4 Å². The van der Waals surface area contributed by atoms with Gasteiger partial charge in [0.1, 0.15) is 0 Å². The van der Waals surface area contributed by atoms with Crippen LogP contribution in [0.2, 0.25) is 0 Å². The summed E-state index contributed by atoms with van der Waals surface area (Å²) in [6, 6.07) is 18.0. The number of H-pyrrole nitrogens is 1. The second-order valence-corrected chi connectivity index (χ2v) is 7.35. The van der Waals surface area contributed by atoms with Gasteiger partial charge in [-0.2, -0.15) is 4.68 Å². The SMILES string of the molecule is CCOC(=O)CC[C@@H](Cc1ccc(-c2ccccc2)cc1)NC(=O)CCn1nn[nH]c1=O. The number of carbonyl (C=O) groups excluding carboxylic acids is 2. The summed E-state index contributed by atoms with van der Waals surface area (Å²) in [7, 11) is 0. The number of amides is 1. The van der Waals surface area contributed by atoms with Crippen LogP contribution in [0.3, 0.4) is 0 Å². The molecule has 0 bridgehead atoms. The van der Waals surface area contributed by atoms with Crippen molar-refractivity contribution in [2.45, 2.75) is 45.2 Å². The first kappa shape index (κ1) is 22.9. The first-order valence-corrected chi connectivity index (χ1v) is 10.6. The number of esters is 1. The molecule has 1 heterocycles. The maximum absolute atomic E-state index is 12.5. The van der Waals surface area contributed by atoms with Gasteiger partial charge in [-0.3, -0.25) is 9.59 Å². The molecular weight excluding hydrogens is 410 g/mol. The third-order valence-electron chi connectivity index (χ3n) is 4.99. The maximum Gasteiger partial charge on any atom is 0.361 e. The van der Waals surface area contributed by atoms with Crippen LogP contribution in [0.5, 0.6) is 0 Å². The van der Waals surface area contributed by atoms with Crippen molar-refractivity contribution in [3.05, 3.63) is 70.6 Å². The van der Waals surface area contributed by atoms with Crippen molar-refractivity contribution < 1.29 is 14.3 Å². The topological polar surface area (TPSA) is 119 Å². The Morgan fingerprint density at radius 2 is 1.78 bits per heavy atom. The molecule has 0 spiro atoms. The summed E-state index contributed by atoms with van der Waals surface area (Å²) in [5.41, 5.74) is 2.83. The number of tetrazole rings is 1. The lowest BCUT2D eigenvalue weighted by atomic mass is 9.98. The van der Waals surface area contributed by atoms with Crippen LogP contribution in [-0.4, -0.2) is 44.7 Å². The van der Waals surface area contributed by atoms with Gasteiger partial charge in [0.05, 0.1) is 13.2 Å². The smallest absolute Gasteiger partial charge is 0.361 e. The number of hydrogen-bond acceptors (Lipinski definition) is 6. The van der Waals surface area contributed by atoms with Crippen LogP contribution in [0.25, 0.3) is 11.1 Å². The lowest BCUT2D eigenvalue weighted by Gasteiger charge is -2.19. The van der Waals surface area contributed by atoms with E-state index >= 15 is 0 Å². The average Bonchev–Trinajstić information content (AvgIpc) is 3.22. The monoisotopic (exact) mass is 437 g/mol. The standard InChI is InChI=1S/C23H27N5O4/c1-2-32-22(30)13-12-20(24-21(29)14-15-28-23(31)25-26-27-28)16-17-8-10-19(11-9-17)18-6-4-3-5-7-18/h3-11,20H,2,12-16H2,1H3,(H,24,29)(H,25,27,31)/t20-/m0/s1. The molecule has 2 N–H and O–H groups in total. The van der Waals surface area contributed by atoms with Crippen molar-refractivity contribution in [1.82, 2.24) is 25.5 Å². The van der Waals surface area contributed by atoms with Gasteiger partial charge in [-0.25, -0.2) is 9.89 Å². The van der Waals surface area contributed by atoms with Gasteiger partial charge in [0.15, 0.2) is 0 Å². The second kappa shape index (κ2) is 11.6. The quantitative estimate of drug-likeness (QED) is 0.444. The Kier molecular flexibility index (Phi) is 8.30. The van der Waals surface area contributed by atoms with E-state index in [0.717, 1.165) is 21.4 Å². The van der Waals surface area contributed by atoms with Crippen LogP contribution in [-0.2, 0) is 27.3 Å². The van der Waals surface area contributed by atoms with Crippen LogP contribution in [0, 0.1) is 0 Å². The van der Waals surface area contributed by atoms with Gasteiger partial charge in [0, 0.05) is 18.9 Å². The molecule has 0 aliphatic carbocycles. The molecule has 9 nitrogen and oxygen atoms in total. The fourth-order valence-electron chi connectivity index (χ4n) is 3.37. The Balaban J connectivity index is 1.62. The van der Waals surface area contributed by atoms with Gasteiger partial charge in [0.25, 0.3) is 0 Å². The highest BCUT2D eigenvalue weighted by molar-refractivity contribution is 5.76. The molecule has 0 saturated heterocycles. The minimum Gasteiger partial charge on any atom is -0.466 e. The summed E-state index contributed by atoms with van der Waals surface area (Å²) >= 11 is 0. The van der Waals surface area contributed by atoms with Crippen LogP contribution >= 0.6 is 0 Å². The van der Waals surface area contributed by atoms with Crippen molar-refractivity contribution in [2.24, 2.45) is 0 Å². The molecule has 3 rings (SSSR count). The minimum atomic E-state index is -0.463. The molecule has 1 aromatic heterocycles. The lowest BCUT2D eigenvalue weighted by molar-refractivity contribution is -0.143. The van der Waals surface area contributed by atoms with Crippen LogP contribution in [0.15, 0.2) is 59.4 Å². The number of benzene rings is 2. The summed E-state index contributed by atoms with van der Waals surface area (Å²) in [5.74, 6) is -0.519. The molecule has 1 atom stereocenters. The second-order valence-electron chi connectivity index (χ2n) is 7.35. The fraction of sp³-hybridized carbons (Fsp3) is 0.348. The van der Waals surface area contributed by atoms with Crippen molar-refractivity contribution in [1.29, 1.82) is 0 Å². The van der Waals surface area contributed by atoms with Gasteiger partial charge in [-0.05, 0) is 46.9 Å². The number of nitrogens with one attached hydrogen (secondary N) is 2. The molecular formula is C23H27N5O4. The van der Waals surface area contributed by atoms with Gasteiger partial charge in [-0.15, -0.1) is 0 Å². The summed E-state index contributed by atoms with van der Waals surface area (Å²) in [5, 5.41) is 12.2. The van der Waals surface area contributed by atoms with E-state index in [1.807, 2.05) is 42.5 Å². The van der Waals surface area contributed by atoms with E-state index in [4.69, 9.17) is 4.74 Å². The maximum atomic E-state index is 12.5. The molecule has 0 aliphatic heterocycles. The number of ether oxygens (including phenoxy) is 1. The highest BCUT2D eigenvalue weighted by atomic mass is 16.5. The van der Waals surface area contributed by atoms with E-state index in [0.29, 0.717) is 19.4 Å². The van der Waals surface area contributed by atoms with E-state index in [1.54, 1.807) is 6.92 Å². The Bertz CT molecular complexity index is 1060. The van der Waals surface area contributed by atoms with Crippen LogP contribution in [0.1, 0.15) is 31.7 Å². The number of hydrogen-bond donors (Lipinski definition) is 2. The zero-order valence-electron chi connectivity index (χ0n) is 18.0. The van der Waals surface area contributed by atoms with E-state index in [-0.39, 0.29) is 37.3 Å². The third-order valence-corrected chi connectivity index (χ3v) is 4.99. The zero-order chi connectivity index (χ0) is 22.8. The fourth-order valence-corrected chi connectivity index (χ4v) is 3.37. The van der Waals surface area contributed by atoms with Crippen molar-refractivity contribution in [2.75, 3.05) is 6.61 Å². The molecule has 0 aliphatic rings. The first-order valence-electron chi connectivity index (χ1n) is 10.6. The molecule has 9 heteroatoms. The molecule has 0 unspecified atom stereocenters. The molecule has 32 heavy (non-hydrogen) atoms. The molecule has 0 radical (unpaired) electrons. The highest BCUT2D eigenvalue weighted by Crippen LogP contribution is 2.20. The van der Waals surface area contributed by atoms with E-state index in [2.05, 4.69) is 33.0 Å². The van der Waals surface area contributed by atoms with Crippen molar-refractivity contribution in [3.63, 3.8) is 0 Å². The van der Waals surface area contributed by atoms with Crippen molar-refractivity contribution >= 4 is 11.9 Å². The van der Waals surface area contributed by atoms with Gasteiger partial charge >= 0.3 is 11.7 Å². The highest BCUT2D eigenvalue weighted by Gasteiger charge is 2.16. The van der Waals surface area contributed by atoms with Crippen LogP contribution in [0.4, 0.5) is 0 Å². The Hall–Kier alpha value is -3.75. The third kappa shape index (κ3) is 6.90. The van der Waals surface area contributed by atoms with Crippen LogP contribution < -0.4 is 11.0 Å². The van der Waals surface area contributed by atoms with Gasteiger partial charge in [-0.1, -0.05) is 54.6 Å². The molecule has 0 saturated carbocycles. The summed E-state index contributed by atoms with van der Waals surface area (Å²) < 4.78 is 6.11. The average molecular weight is 438 g/mol. The molecule has 2 aromatic carbocycles. The Labute approximate surface area is 185 Å². The number of rotatable bonds is 11. The predicted molar refractivity (Wildman–Crippen MR) is 119 cm³/mol. The van der Waals surface area contributed by atoms with Crippen molar-refractivity contribution in [3.8, 4) is 11.1 Å². The number of aromatic nitrogens is 4. The number of aromatic amines is 1. The van der Waals surface area contributed by atoms with E-state index < -0.39 is 5.69 Å². The summed E-state index contributed by atoms with van der Waals surface area (Å²) in [6.07, 6.45) is 1.32. The van der Waals surface area contributed by atoms with Gasteiger partial charge < -0.3 is 10.1 Å². The number of nitrogens with zero attached hydrogens (tertiary/aromatic N) is 3. The number of carbonyl (C=O) groups is 2. The Morgan fingerprint density at radius 1 is 1.06 bits per heavy atom. The normalized spacial score (nSPS) is 11.7. The summed E-state index contributed by atoms with van der Waals surface area (Å²) in [6.45, 7) is 2.21. The molecule has 3 aromatic rings. The largest absolute Gasteiger partial charge is 0.466 e. The lowest BCUT2D eigenvalue weighted by Crippen LogP contribution is -2.37. The molecule has 0 fully saturated rings. The minimum absolute atomic E-state index is 0.0787. The Morgan fingerprint density at radius 3 is 2.44 bits per heavy atom. The first-order chi connectivity index (χ1) is 15.5. The predicted octanol–water partition coefficient (Wildman–Crippen LogP) is 2.09. The molecule has 168 valence electrons. The summed E-state index contributed by atoms with van der Waals surface area (Å²) in [4.78, 5) is 35.7. The zero-order valence-corrected chi connectivity index (χ0v) is 18.0. The molecule has 1 amide bonds.